The number of nitrogens with one attached hydrogen (secondary N) is 2. The highest BCUT2D eigenvalue weighted by atomic mass is 32.1. The number of thiocarbonyl (C=S) groups is 1. The zero-order valence-electron chi connectivity index (χ0n) is 16.3. The van der Waals surface area contributed by atoms with E-state index in [1.807, 2.05) is 13.0 Å². The number of amides is 2. The number of benzene rings is 1. The third-order valence-electron chi connectivity index (χ3n) is 4.46. The van der Waals surface area contributed by atoms with Crippen LogP contribution in [0.15, 0.2) is 24.3 Å². The average Bonchev–Trinajstić information content (AvgIpc) is 2.66. The molecule has 1 fully saturated rings. The van der Waals surface area contributed by atoms with Crippen LogP contribution in [-0.4, -0.2) is 53.5 Å². The molecule has 1 aliphatic heterocycles. The zero-order valence-corrected chi connectivity index (χ0v) is 17.1. The van der Waals surface area contributed by atoms with Crippen molar-refractivity contribution in [2.24, 2.45) is 0 Å². The number of piperazine rings is 1. The van der Waals surface area contributed by atoms with Gasteiger partial charge >= 0.3 is 5.97 Å². The van der Waals surface area contributed by atoms with Gasteiger partial charge in [0.25, 0.3) is 5.91 Å². The van der Waals surface area contributed by atoms with Crippen molar-refractivity contribution in [3.63, 3.8) is 0 Å². The van der Waals surface area contributed by atoms with Gasteiger partial charge in [-0.25, -0.2) is 0 Å². The fourth-order valence-electron chi connectivity index (χ4n) is 2.94. The maximum atomic E-state index is 12.4. The summed E-state index contributed by atoms with van der Waals surface area (Å²) in [5.41, 5.74) is 1.44. The summed E-state index contributed by atoms with van der Waals surface area (Å²) in [5.74, 6) is -1.10. The second-order valence-electron chi connectivity index (χ2n) is 6.76. The van der Waals surface area contributed by atoms with Gasteiger partial charge in [-0.1, -0.05) is 37.5 Å². The smallest absolute Gasteiger partial charge is 0.308 e. The van der Waals surface area contributed by atoms with Crippen LogP contribution in [0.1, 0.15) is 48.5 Å². The highest BCUT2D eigenvalue weighted by molar-refractivity contribution is 7.80. The molecule has 1 unspecified atom stereocenters. The first kappa shape index (κ1) is 21.8. The number of hydrogen-bond donors (Lipinski definition) is 2. The molecule has 8 heteroatoms. The van der Waals surface area contributed by atoms with Crippen LogP contribution < -0.4 is 10.6 Å². The van der Waals surface area contributed by atoms with Crippen LogP contribution in [-0.2, 0) is 14.3 Å². The summed E-state index contributed by atoms with van der Waals surface area (Å²) in [4.78, 5) is 38.4. The molecule has 1 saturated heterocycles. The van der Waals surface area contributed by atoms with Crippen molar-refractivity contribution in [2.75, 3.05) is 19.7 Å². The Bertz CT molecular complexity index is 738. The van der Waals surface area contributed by atoms with Crippen molar-refractivity contribution >= 4 is 35.1 Å². The lowest BCUT2D eigenvalue weighted by Crippen LogP contribution is -2.60. The molecule has 28 heavy (non-hydrogen) atoms. The van der Waals surface area contributed by atoms with Crippen LogP contribution >= 0.6 is 12.2 Å². The molecule has 1 aliphatic rings. The standard InChI is InChI=1S/C20H27N3O4S/c1-3-4-5-11-27-17(24)13-16-19(26)21-9-10-23(16)20(28)22-18(25)15-8-6-7-14(2)12-15/h6-8,12,16H,3-5,9-11,13H2,1-2H3,(H,21,26)(H,22,25,28). The van der Waals surface area contributed by atoms with Crippen molar-refractivity contribution in [3.05, 3.63) is 35.4 Å². The van der Waals surface area contributed by atoms with E-state index in [4.69, 9.17) is 17.0 Å². The molecular weight excluding hydrogens is 378 g/mol. The Hall–Kier alpha value is -2.48. The SMILES string of the molecule is CCCCCOC(=O)CC1C(=O)NCCN1C(=S)NC(=O)c1cccc(C)c1. The van der Waals surface area contributed by atoms with E-state index >= 15 is 0 Å². The van der Waals surface area contributed by atoms with Gasteiger partial charge in [-0.3, -0.25) is 19.7 Å². The van der Waals surface area contributed by atoms with Crippen molar-refractivity contribution in [3.8, 4) is 0 Å². The molecule has 0 aromatic heterocycles. The number of hydrogen-bond acceptors (Lipinski definition) is 5. The number of nitrogens with zero attached hydrogens (tertiary/aromatic N) is 1. The largest absolute Gasteiger partial charge is 0.466 e. The molecule has 2 N–H and O–H groups in total. The lowest BCUT2D eigenvalue weighted by atomic mass is 10.1. The minimum atomic E-state index is -0.794. The highest BCUT2D eigenvalue weighted by Gasteiger charge is 2.34. The van der Waals surface area contributed by atoms with Crippen LogP contribution in [0.2, 0.25) is 0 Å². The average molecular weight is 406 g/mol. The van der Waals surface area contributed by atoms with E-state index in [9.17, 15) is 14.4 Å². The van der Waals surface area contributed by atoms with Crippen LogP contribution in [0.4, 0.5) is 0 Å². The van der Waals surface area contributed by atoms with Gasteiger partial charge in [0.15, 0.2) is 5.11 Å². The van der Waals surface area contributed by atoms with Crippen LogP contribution in [0, 0.1) is 6.92 Å². The minimum Gasteiger partial charge on any atom is -0.466 e. The molecule has 7 nitrogen and oxygen atoms in total. The summed E-state index contributed by atoms with van der Waals surface area (Å²) in [6.07, 6.45) is 2.70. The van der Waals surface area contributed by atoms with E-state index in [-0.39, 0.29) is 23.3 Å². The Kier molecular flexibility index (Phi) is 8.38. The van der Waals surface area contributed by atoms with Crippen LogP contribution in [0.5, 0.6) is 0 Å². The van der Waals surface area contributed by atoms with E-state index in [0.29, 0.717) is 25.3 Å². The molecule has 0 bridgehead atoms. The molecule has 1 atom stereocenters. The maximum Gasteiger partial charge on any atom is 0.308 e. The van der Waals surface area contributed by atoms with E-state index in [1.54, 1.807) is 23.1 Å². The molecule has 1 heterocycles. The van der Waals surface area contributed by atoms with Gasteiger partial charge in [-0.05, 0) is 37.7 Å². The third-order valence-corrected chi connectivity index (χ3v) is 4.80. The van der Waals surface area contributed by atoms with Gasteiger partial charge in [-0.2, -0.15) is 0 Å². The van der Waals surface area contributed by atoms with Gasteiger partial charge in [0.1, 0.15) is 6.04 Å². The number of carbonyl (C=O) groups is 3. The minimum absolute atomic E-state index is 0.113. The Morgan fingerprint density at radius 2 is 2.14 bits per heavy atom. The number of rotatable bonds is 7. The maximum absolute atomic E-state index is 12.4. The molecule has 2 amide bonds. The lowest BCUT2D eigenvalue weighted by Gasteiger charge is -2.36. The summed E-state index contributed by atoms with van der Waals surface area (Å²) in [6.45, 7) is 5.10. The predicted octanol–water partition coefficient (Wildman–Crippen LogP) is 1.93. The summed E-state index contributed by atoms with van der Waals surface area (Å²) in [5, 5.41) is 5.52. The lowest BCUT2D eigenvalue weighted by molar-refractivity contribution is -0.147. The molecule has 0 spiro atoms. The quantitative estimate of drug-likeness (QED) is 0.410. The molecule has 1 aromatic carbocycles. The van der Waals surface area contributed by atoms with Gasteiger partial charge in [-0.15, -0.1) is 0 Å². The number of ether oxygens (including phenoxy) is 1. The normalized spacial score (nSPS) is 16.3. The van der Waals surface area contributed by atoms with Crippen LogP contribution in [0.25, 0.3) is 0 Å². The summed E-state index contributed by atoms with van der Waals surface area (Å²) >= 11 is 5.35. The number of esters is 1. The number of unbranched alkanes of at least 4 members (excludes halogenated alkanes) is 2. The van der Waals surface area contributed by atoms with Crippen molar-refractivity contribution in [1.82, 2.24) is 15.5 Å². The molecule has 0 saturated carbocycles. The van der Waals surface area contributed by atoms with E-state index in [2.05, 4.69) is 17.6 Å². The number of aryl methyl sites for hydroxylation is 1. The first-order valence-corrected chi connectivity index (χ1v) is 9.95. The molecule has 1 aromatic rings. The molecule has 152 valence electrons. The van der Waals surface area contributed by atoms with Gasteiger partial charge in [0.05, 0.1) is 13.0 Å². The van der Waals surface area contributed by atoms with Gasteiger partial charge < -0.3 is 15.0 Å². The molecule has 0 aliphatic carbocycles. The van der Waals surface area contributed by atoms with Gasteiger partial charge in [0, 0.05) is 18.7 Å². The van der Waals surface area contributed by atoms with Gasteiger partial charge in [0.2, 0.25) is 5.91 Å². The third kappa shape index (κ3) is 6.30. The molecule has 0 radical (unpaired) electrons. The molecular formula is C20H27N3O4S. The zero-order chi connectivity index (χ0) is 20.5. The van der Waals surface area contributed by atoms with Crippen molar-refractivity contribution in [2.45, 2.75) is 45.6 Å². The highest BCUT2D eigenvalue weighted by Crippen LogP contribution is 2.12. The Balaban J connectivity index is 1.98. The fourth-order valence-corrected chi connectivity index (χ4v) is 3.25. The van der Waals surface area contributed by atoms with Crippen molar-refractivity contribution in [1.29, 1.82) is 0 Å². The van der Waals surface area contributed by atoms with Crippen LogP contribution in [0.3, 0.4) is 0 Å². The fraction of sp³-hybridized carbons (Fsp3) is 0.500. The van der Waals surface area contributed by atoms with Crippen molar-refractivity contribution < 1.29 is 19.1 Å². The van der Waals surface area contributed by atoms with E-state index in [0.717, 1.165) is 24.8 Å². The number of carbonyl (C=O) groups excluding carboxylic acids is 3. The second-order valence-corrected chi connectivity index (χ2v) is 7.15. The summed E-state index contributed by atoms with van der Waals surface area (Å²) < 4.78 is 5.21. The topological polar surface area (TPSA) is 87.7 Å². The van der Waals surface area contributed by atoms with E-state index < -0.39 is 12.0 Å². The summed E-state index contributed by atoms with van der Waals surface area (Å²) in [6, 6.07) is 6.34. The molecule has 2 rings (SSSR count). The first-order chi connectivity index (χ1) is 13.4. The second kappa shape index (κ2) is 10.8. The van der Waals surface area contributed by atoms with E-state index in [1.165, 1.54) is 0 Å². The Morgan fingerprint density at radius 1 is 1.36 bits per heavy atom. The Labute approximate surface area is 170 Å². The monoisotopic (exact) mass is 405 g/mol. The first-order valence-electron chi connectivity index (χ1n) is 9.54. The predicted molar refractivity (Wildman–Crippen MR) is 110 cm³/mol. The summed E-state index contributed by atoms with van der Waals surface area (Å²) in [7, 11) is 0. The Morgan fingerprint density at radius 3 is 2.86 bits per heavy atom.